The van der Waals surface area contributed by atoms with Crippen LogP contribution in [0, 0.1) is 30.1 Å². The summed E-state index contributed by atoms with van der Waals surface area (Å²) in [4.78, 5) is 0. The lowest BCUT2D eigenvalue weighted by Gasteiger charge is -2.46. The van der Waals surface area contributed by atoms with Crippen LogP contribution in [0.25, 0.3) is 5.57 Å². The van der Waals surface area contributed by atoms with Gasteiger partial charge >= 0.3 is 0 Å². The molecule has 2 rings (SSSR count). The Morgan fingerprint density at radius 1 is 1.08 bits per heavy atom. The highest BCUT2D eigenvalue weighted by molar-refractivity contribution is 5.62. The molecule has 1 aliphatic rings. The van der Waals surface area contributed by atoms with Crippen molar-refractivity contribution in [3.63, 3.8) is 0 Å². The van der Waals surface area contributed by atoms with Gasteiger partial charge in [0, 0.05) is 0 Å². The van der Waals surface area contributed by atoms with Gasteiger partial charge in [-0.3, -0.25) is 0 Å². The minimum atomic E-state index is 0.598. The lowest BCUT2D eigenvalue weighted by molar-refractivity contribution is 0.0778. The summed E-state index contributed by atoms with van der Waals surface area (Å²) < 4.78 is 0. The molecule has 37 heavy (non-hydrogen) atoms. The minimum Gasteiger partial charge on any atom is -0.0991 e. The fraction of sp³-hybridized carbons (Fsp3) is 0.622. The van der Waals surface area contributed by atoms with E-state index in [1.54, 1.807) is 5.57 Å². The summed E-state index contributed by atoms with van der Waals surface area (Å²) in [7, 11) is 0. The first kappa shape index (κ1) is 33.2. The smallest absolute Gasteiger partial charge is 0.0157 e. The van der Waals surface area contributed by atoms with Crippen LogP contribution in [0.4, 0.5) is 0 Å². The Labute approximate surface area is 232 Å². The van der Waals surface area contributed by atoms with Gasteiger partial charge < -0.3 is 0 Å². The molecule has 0 aromatic heterocycles. The van der Waals surface area contributed by atoms with Gasteiger partial charge in [-0.1, -0.05) is 128 Å². The number of unbranched alkanes of at least 4 members (excludes halogenated alkanes) is 1. The molecule has 0 N–H and O–H groups in total. The van der Waals surface area contributed by atoms with E-state index in [1.807, 2.05) is 6.08 Å². The fourth-order valence-electron chi connectivity index (χ4n) is 6.63. The molecule has 0 heterocycles. The second-order valence-corrected chi connectivity index (χ2v) is 12.3. The predicted molar refractivity (Wildman–Crippen MR) is 170 cm³/mol. The van der Waals surface area contributed by atoms with Crippen LogP contribution in [0.2, 0.25) is 0 Å². The van der Waals surface area contributed by atoms with Gasteiger partial charge in [0.1, 0.15) is 0 Å². The Kier molecular flexibility index (Phi) is 15.8. The van der Waals surface area contributed by atoms with Crippen molar-refractivity contribution in [3.8, 4) is 0 Å². The van der Waals surface area contributed by atoms with E-state index in [4.69, 9.17) is 0 Å². The van der Waals surface area contributed by atoms with E-state index in [0.29, 0.717) is 5.41 Å². The van der Waals surface area contributed by atoms with Crippen LogP contribution < -0.4 is 0 Å². The van der Waals surface area contributed by atoms with Crippen LogP contribution in [0.1, 0.15) is 129 Å². The number of benzene rings is 1. The predicted octanol–water partition coefficient (Wildman–Crippen LogP) is 12.1. The Balaban J connectivity index is 0.000000417. The second-order valence-electron chi connectivity index (χ2n) is 12.3. The van der Waals surface area contributed by atoms with E-state index in [-0.39, 0.29) is 0 Å². The molecular weight excluding hydrogens is 444 g/mol. The molecule has 1 fully saturated rings. The van der Waals surface area contributed by atoms with E-state index in [2.05, 4.69) is 105 Å². The fourth-order valence-corrected chi connectivity index (χ4v) is 6.63. The number of hydrogen-bond donors (Lipinski definition) is 0. The largest absolute Gasteiger partial charge is 0.0991 e. The number of hydrogen-bond acceptors (Lipinski definition) is 0. The zero-order valence-corrected chi connectivity index (χ0v) is 26.0. The Morgan fingerprint density at radius 3 is 2.24 bits per heavy atom. The first-order chi connectivity index (χ1) is 17.6. The van der Waals surface area contributed by atoms with Crippen LogP contribution in [-0.4, -0.2) is 0 Å². The molecule has 1 aliphatic carbocycles. The van der Waals surface area contributed by atoms with Crippen molar-refractivity contribution in [2.75, 3.05) is 0 Å². The molecule has 0 amide bonds. The van der Waals surface area contributed by atoms with Crippen molar-refractivity contribution in [2.24, 2.45) is 23.2 Å². The first-order valence-electron chi connectivity index (χ1n) is 15.4. The van der Waals surface area contributed by atoms with Crippen molar-refractivity contribution >= 4 is 5.57 Å². The van der Waals surface area contributed by atoms with E-state index >= 15 is 0 Å². The Hall–Kier alpha value is -1.82. The van der Waals surface area contributed by atoms with Gasteiger partial charge in [-0.15, -0.1) is 0 Å². The number of allylic oxidation sites excluding steroid dienone is 6. The highest BCUT2D eigenvalue weighted by Gasteiger charge is 2.39. The molecule has 0 aliphatic heterocycles. The highest BCUT2D eigenvalue weighted by Crippen LogP contribution is 2.51. The summed E-state index contributed by atoms with van der Waals surface area (Å²) in [6.45, 7) is 25.8. The standard InChI is InChI=1S/C23H40.C14H20/c1-6-11-13-20-17-22(21(10-5)14-12-7-2)19-23(18-20,15-8-3)16-9-4;1-10(2)8-14-7-6-13(11(3)4)9-12(14)5/h7,10,12,14,20,22H,2,6,8-9,11,13,15-19H2,1,3-5H3;6-7,9-10H,3,8H2,1-2,4-5H3/b14-12-,21-10+;. The molecule has 2 atom stereocenters. The van der Waals surface area contributed by atoms with Crippen LogP contribution in [0.3, 0.4) is 0 Å². The summed E-state index contributed by atoms with van der Waals surface area (Å²) in [6, 6.07) is 6.65. The van der Waals surface area contributed by atoms with E-state index in [0.717, 1.165) is 23.3 Å². The summed E-state index contributed by atoms with van der Waals surface area (Å²) in [6.07, 6.45) is 23.8. The summed E-state index contributed by atoms with van der Waals surface area (Å²) >= 11 is 0. The molecule has 0 radical (unpaired) electrons. The molecule has 1 aromatic carbocycles. The van der Waals surface area contributed by atoms with E-state index in [9.17, 15) is 0 Å². The van der Waals surface area contributed by atoms with E-state index < -0.39 is 0 Å². The molecule has 1 saturated carbocycles. The van der Waals surface area contributed by atoms with Crippen molar-refractivity contribution in [1.29, 1.82) is 0 Å². The number of aryl methyl sites for hydroxylation is 1. The lowest BCUT2D eigenvalue weighted by atomic mass is 9.59. The van der Waals surface area contributed by atoms with Crippen molar-refractivity contribution < 1.29 is 0 Å². The zero-order valence-electron chi connectivity index (χ0n) is 26.0. The number of rotatable bonds is 13. The third kappa shape index (κ3) is 11.6. The topological polar surface area (TPSA) is 0 Å². The zero-order chi connectivity index (χ0) is 27.8. The van der Waals surface area contributed by atoms with Crippen molar-refractivity contribution in [3.05, 3.63) is 77.9 Å². The molecule has 0 saturated heterocycles. The SMILES string of the molecule is C=C(C)c1ccc(CC(C)C)c(C)c1.C=C/C=C\C(=C/C)C1CC(CCCC)CC(CCC)(CCC)C1. The third-order valence-corrected chi connectivity index (χ3v) is 8.24. The molecule has 0 spiro atoms. The maximum Gasteiger partial charge on any atom is -0.0157 e. The molecular formula is C37H60. The van der Waals surface area contributed by atoms with Gasteiger partial charge in [-0.05, 0) is 105 Å². The maximum absolute atomic E-state index is 3.96. The van der Waals surface area contributed by atoms with Gasteiger partial charge in [0.2, 0.25) is 0 Å². The highest BCUT2D eigenvalue weighted by atomic mass is 14.4. The van der Waals surface area contributed by atoms with Crippen LogP contribution >= 0.6 is 0 Å². The summed E-state index contributed by atoms with van der Waals surface area (Å²) in [5.74, 6) is 2.41. The van der Waals surface area contributed by atoms with E-state index in [1.165, 1.54) is 87.3 Å². The van der Waals surface area contributed by atoms with Crippen molar-refractivity contribution in [2.45, 2.75) is 126 Å². The van der Waals surface area contributed by atoms with Gasteiger partial charge in [-0.25, -0.2) is 0 Å². The van der Waals surface area contributed by atoms with Gasteiger partial charge in [0.15, 0.2) is 0 Å². The molecule has 2 unspecified atom stereocenters. The van der Waals surface area contributed by atoms with Gasteiger partial charge in [0.05, 0.1) is 0 Å². The third-order valence-electron chi connectivity index (χ3n) is 8.24. The average Bonchev–Trinajstić information content (AvgIpc) is 2.84. The van der Waals surface area contributed by atoms with Crippen molar-refractivity contribution in [1.82, 2.24) is 0 Å². The minimum absolute atomic E-state index is 0.598. The molecule has 0 bridgehead atoms. The quantitative estimate of drug-likeness (QED) is 0.234. The lowest BCUT2D eigenvalue weighted by Crippen LogP contribution is -2.34. The van der Waals surface area contributed by atoms with Gasteiger partial charge in [-0.2, -0.15) is 0 Å². The summed E-state index contributed by atoms with van der Waals surface area (Å²) in [5, 5.41) is 0. The molecule has 208 valence electrons. The molecule has 0 heteroatoms. The van der Waals surface area contributed by atoms with Crippen LogP contribution in [-0.2, 0) is 6.42 Å². The molecule has 0 nitrogen and oxygen atoms in total. The first-order valence-corrected chi connectivity index (χ1v) is 15.4. The van der Waals surface area contributed by atoms with Gasteiger partial charge in [0.25, 0.3) is 0 Å². The van der Waals surface area contributed by atoms with Crippen LogP contribution in [0.15, 0.2) is 61.2 Å². The molecule has 1 aromatic rings. The second kappa shape index (κ2) is 17.6. The summed E-state index contributed by atoms with van der Waals surface area (Å²) in [5.41, 5.74) is 7.40. The Morgan fingerprint density at radius 2 is 1.76 bits per heavy atom. The maximum atomic E-state index is 3.96. The van der Waals surface area contributed by atoms with Crippen LogP contribution in [0.5, 0.6) is 0 Å². The Bertz CT molecular complexity index is 856. The monoisotopic (exact) mass is 504 g/mol. The average molecular weight is 505 g/mol. The normalized spacial score (nSPS) is 19.5.